The molecule has 3 N–H and O–H groups in total. The normalized spacial score (nSPS) is 46.0. The number of carbonyl (C=O) groups is 4. The molecule has 8 fully saturated rings. The van der Waals surface area contributed by atoms with Crippen LogP contribution in [0.15, 0.2) is 0 Å². The summed E-state index contributed by atoms with van der Waals surface area (Å²) in [6.45, 7) is 14.2. The number of ketones is 2. The Morgan fingerprint density at radius 1 is 0.600 bits per heavy atom. The van der Waals surface area contributed by atoms with E-state index in [0.29, 0.717) is 90.0 Å². The maximum Gasteiger partial charge on any atom is 0.305 e. The fourth-order valence-corrected chi connectivity index (χ4v) is 17.0. The molecule has 0 aromatic carbocycles. The first kappa shape index (κ1) is 50.8. The first-order valence-electron chi connectivity index (χ1n) is 23.6. The van der Waals surface area contributed by atoms with Gasteiger partial charge in [0, 0.05) is 37.5 Å². The van der Waals surface area contributed by atoms with Crippen LogP contribution in [-0.2, 0) is 23.9 Å². The monoisotopic (exact) mass is 843 g/mol. The van der Waals surface area contributed by atoms with Crippen molar-refractivity contribution < 1.29 is 39.2 Å². The second-order valence-electron chi connectivity index (χ2n) is 22.5. The van der Waals surface area contributed by atoms with Crippen molar-refractivity contribution in [2.45, 2.75) is 204 Å². The topological polar surface area (TPSA) is 138 Å². The summed E-state index contributed by atoms with van der Waals surface area (Å²) in [6.07, 6.45) is 18.2. The van der Waals surface area contributed by atoms with Gasteiger partial charge in [-0.1, -0.05) is 63.8 Å². The number of carbonyl (C=O) groups excluding carboxylic acids is 3. The van der Waals surface area contributed by atoms with Crippen LogP contribution in [0.1, 0.15) is 192 Å². The number of esters is 1. The molecule has 0 radical (unpaired) electrons. The van der Waals surface area contributed by atoms with Crippen molar-refractivity contribution in [1.82, 2.24) is 0 Å². The fraction of sp³-hybridized carbons (Fsp3) is 0.923. The molecule has 0 saturated heterocycles. The van der Waals surface area contributed by atoms with E-state index in [4.69, 9.17) is 9.84 Å². The summed E-state index contributed by atoms with van der Waals surface area (Å²) in [4.78, 5) is 49.4. The van der Waals surface area contributed by atoms with Crippen LogP contribution in [0, 0.1) is 92.7 Å². The molecule has 8 saturated carbocycles. The smallest absolute Gasteiger partial charge is 0.305 e. The average Bonchev–Trinajstić information content (AvgIpc) is 3.71. The Labute approximate surface area is 365 Å². The molecule has 8 aliphatic rings. The van der Waals surface area contributed by atoms with Crippen molar-refractivity contribution in [3.8, 4) is 0 Å². The molecule has 0 bridgehead atoms. The van der Waals surface area contributed by atoms with Crippen molar-refractivity contribution in [1.29, 1.82) is 0 Å². The van der Waals surface area contributed by atoms with Gasteiger partial charge in [-0.05, 0) is 184 Å². The lowest BCUT2D eigenvalue weighted by Gasteiger charge is -2.60. The van der Waals surface area contributed by atoms with Gasteiger partial charge in [-0.2, -0.15) is 0 Å². The minimum Gasteiger partial charge on any atom is -0.481 e. The summed E-state index contributed by atoms with van der Waals surface area (Å²) in [5.41, 5.74) is 0.857. The van der Waals surface area contributed by atoms with E-state index in [0.717, 1.165) is 77.0 Å². The molecule has 60 heavy (non-hydrogen) atoms. The van der Waals surface area contributed by atoms with Gasteiger partial charge in [0.05, 0.1) is 19.3 Å². The maximum atomic E-state index is 13.4. The zero-order chi connectivity index (χ0) is 41.2. The van der Waals surface area contributed by atoms with Gasteiger partial charge in [0.2, 0.25) is 0 Å². The molecule has 4 unspecified atom stereocenters. The van der Waals surface area contributed by atoms with Crippen molar-refractivity contribution in [3.63, 3.8) is 0 Å². The lowest BCUT2D eigenvalue weighted by atomic mass is 9.44. The number of carboxylic acid groups (broad SMARTS) is 1. The van der Waals surface area contributed by atoms with Gasteiger partial charge in [-0.3, -0.25) is 19.2 Å². The molecular weight excluding hydrogens is 753 g/mol. The summed E-state index contributed by atoms with van der Waals surface area (Å²) >= 11 is 0. The predicted octanol–water partition coefficient (Wildman–Crippen LogP) is 11.4. The highest BCUT2D eigenvalue weighted by Crippen LogP contribution is 2.69. The minimum absolute atomic E-state index is 0. The number of ether oxygens (including phenoxy) is 1. The van der Waals surface area contributed by atoms with E-state index in [-0.39, 0.29) is 80.4 Å². The van der Waals surface area contributed by atoms with Crippen molar-refractivity contribution in [2.24, 2.45) is 92.7 Å². The van der Waals surface area contributed by atoms with Crippen LogP contribution < -0.4 is 0 Å². The van der Waals surface area contributed by atoms with Crippen molar-refractivity contribution in [3.05, 3.63) is 0 Å². The first-order valence-corrected chi connectivity index (χ1v) is 23.6. The van der Waals surface area contributed by atoms with Gasteiger partial charge in [0.25, 0.3) is 0 Å². The van der Waals surface area contributed by atoms with E-state index < -0.39 is 5.97 Å². The quantitative estimate of drug-likeness (QED) is 0.205. The minimum atomic E-state index is -0.698. The number of carboxylic acids is 1. The third-order valence-corrected chi connectivity index (χ3v) is 20.3. The number of aliphatic hydroxyl groups is 2. The van der Waals surface area contributed by atoms with Crippen LogP contribution >= 0.6 is 0 Å². The Morgan fingerprint density at radius 2 is 0.967 bits per heavy atom. The highest BCUT2D eigenvalue weighted by molar-refractivity contribution is 5.84. The predicted molar refractivity (Wildman–Crippen MR) is 240 cm³/mol. The molecule has 0 spiro atoms. The Morgan fingerprint density at radius 3 is 1.35 bits per heavy atom. The largest absolute Gasteiger partial charge is 0.481 e. The summed E-state index contributed by atoms with van der Waals surface area (Å²) in [6, 6.07) is 0. The molecule has 346 valence electrons. The number of hydrogen-bond acceptors (Lipinski definition) is 7. The Balaban J connectivity index is 0.000000252. The molecule has 0 aromatic heterocycles. The number of Topliss-reactive ketones (excluding diaryl/α,β-unsaturated/α-hetero) is 2. The zero-order valence-corrected chi connectivity index (χ0v) is 36.6. The highest BCUT2D eigenvalue weighted by atomic mass is 16.5. The second-order valence-corrected chi connectivity index (χ2v) is 22.5. The molecule has 0 amide bonds. The van der Waals surface area contributed by atoms with Crippen molar-refractivity contribution >= 4 is 23.5 Å². The maximum absolute atomic E-state index is 13.4. The molecule has 0 heterocycles. The average molecular weight is 843 g/mol. The van der Waals surface area contributed by atoms with Crippen LogP contribution in [0.25, 0.3) is 0 Å². The molecule has 8 rings (SSSR count). The van der Waals surface area contributed by atoms with Crippen molar-refractivity contribution in [2.75, 3.05) is 7.11 Å². The van der Waals surface area contributed by atoms with Crippen LogP contribution in [0.5, 0.6) is 0 Å². The summed E-state index contributed by atoms with van der Waals surface area (Å²) < 4.78 is 4.85. The number of fused-ring (bicyclic) bond motifs is 10. The molecule has 0 aliphatic heterocycles. The van der Waals surface area contributed by atoms with E-state index in [1.54, 1.807) is 0 Å². The first-order chi connectivity index (χ1) is 26.9. The van der Waals surface area contributed by atoms with Crippen LogP contribution in [0.2, 0.25) is 0 Å². The van der Waals surface area contributed by atoms with E-state index in [2.05, 4.69) is 41.5 Å². The molecular formula is C52H90O8. The number of rotatable bonds is 8. The summed E-state index contributed by atoms with van der Waals surface area (Å²) in [5.74, 6) is 5.33. The van der Waals surface area contributed by atoms with Gasteiger partial charge in [-0.15, -0.1) is 0 Å². The summed E-state index contributed by atoms with van der Waals surface area (Å²) in [5, 5.41) is 29.4. The van der Waals surface area contributed by atoms with E-state index in [9.17, 15) is 29.4 Å². The number of aliphatic carboxylic acids is 1. The zero-order valence-electron chi connectivity index (χ0n) is 36.6. The van der Waals surface area contributed by atoms with Gasteiger partial charge in [-0.25, -0.2) is 0 Å². The van der Waals surface area contributed by atoms with Gasteiger partial charge in [0.15, 0.2) is 0 Å². The van der Waals surface area contributed by atoms with Crippen LogP contribution in [0.4, 0.5) is 0 Å². The highest BCUT2D eigenvalue weighted by Gasteiger charge is 2.64. The molecule has 0 aromatic rings. The van der Waals surface area contributed by atoms with Crippen LogP contribution in [0.3, 0.4) is 0 Å². The SMILES string of the molecule is C.C.C.COC(=O)CC[C@@H](C)[C@H]1CCC2[C@@H]3C(=O)C[C@@H]4C[C@H](O)CC[C@]4(C)C3CC[C@@]21C.C[C@H](CCC(=O)O)[C@H]1CCC2[C@@H]3C(=O)C[C@@H]4C[C@H](O)CC[C@]4(C)C3CC[C@@]21C. The Bertz CT molecular complexity index is 1530. The molecule has 8 aliphatic carbocycles. The number of methoxy groups -OCH3 is 1. The van der Waals surface area contributed by atoms with E-state index in [1.807, 2.05) is 0 Å². The summed E-state index contributed by atoms with van der Waals surface area (Å²) in [7, 11) is 1.47. The third-order valence-electron chi connectivity index (χ3n) is 20.3. The van der Waals surface area contributed by atoms with E-state index in [1.165, 1.54) is 32.8 Å². The lowest BCUT2D eigenvalue weighted by Crippen LogP contribution is -2.57. The fourth-order valence-electron chi connectivity index (χ4n) is 17.0. The van der Waals surface area contributed by atoms with Gasteiger partial charge in [0.1, 0.15) is 11.6 Å². The molecule has 18 atom stereocenters. The number of aliphatic hydroxyl groups excluding tert-OH is 2. The number of hydrogen-bond donors (Lipinski definition) is 3. The molecule has 8 heteroatoms. The van der Waals surface area contributed by atoms with E-state index >= 15 is 0 Å². The Hall–Kier alpha value is -1.80. The van der Waals surface area contributed by atoms with Gasteiger partial charge < -0.3 is 20.1 Å². The lowest BCUT2D eigenvalue weighted by molar-refractivity contribution is -0.161. The van der Waals surface area contributed by atoms with Crippen LogP contribution in [-0.4, -0.2) is 58.1 Å². The Kier molecular flexibility index (Phi) is 16.2. The standard InChI is InChI=1S/C25H40O4.C24H38O4.3CH4/c1-15(5-8-22(28)29-4)18-6-7-19-23-20(10-12-25(18,19)3)24(2)11-9-17(26)13-16(24)14-21(23)27;1-14(4-7-21(27)28)17-5-6-18-22-19(9-11-24(17,18)3)23(2)10-8-16(25)12-15(23)13-20(22)26;;;/h15-20,23,26H,5-14H2,1-4H3;14-19,22,25H,4-13H2,1-3H3,(H,27,28);3*1H4/t15-,16+,17-,18-,19?,20?,23+,24+,25-;14-,15+,16-,17-,18?,19?,22+,23+,24-;;;/m11.../s1. The second kappa shape index (κ2) is 19.1. The third kappa shape index (κ3) is 8.71. The molecule has 8 nitrogen and oxygen atoms in total. The van der Waals surface area contributed by atoms with Gasteiger partial charge >= 0.3 is 11.9 Å².